The predicted octanol–water partition coefficient (Wildman–Crippen LogP) is 2.24. The van der Waals surface area contributed by atoms with Gasteiger partial charge in [-0.25, -0.2) is 0 Å². The second-order valence-electron chi connectivity index (χ2n) is 3.94. The first kappa shape index (κ1) is 16.6. The Morgan fingerprint density at radius 3 is 2.20 bits per heavy atom. The van der Waals surface area contributed by atoms with Gasteiger partial charge in [0.25, 0.3) is 0 Å². The quantitative estimate of drug-likeness (QED) is 0.709. The lowest BCUT2D eigenvalue weighted by Gasteiger charge is -2.09. The number of rotatable bonds is 9. The standard InChI is InChI=1S/C13H18F3NO3/c1-18-11-2-4-12(5-3-11)20-9-7-17-6-8-19-10-13(14,15)16/h2-5,17H,6-10H2,1H3. The van der Waals surface area contributed by atoms with Gasteiger partial charge in [-0.05, 0) is 24.3 Å². The molecule has 1 aromatic rings. The van der Waals surface area contributed by atoms with Gasteiger partial charge in [-0.3, -0.25) is 0 Å². The van der Waals surface area contributed by atoms with Gasteiger partial charge in [-0.2, -0.15) is 13.2 Å². The van der Waals surface area contributed by atoms with Crippen LogP contribution in [0.15, 0.2) is 24.3 Å². The summed E-state index contributed by atoms with van der Waals surface area (Å²) in [5, 5.41) is 2.92. The maximum Gasteiger partial charge on any atom is 0.411 e. The van der Waals surface area contributed by atoms with Crippen molar-refractivity contribution in [3.05, 3.63) is 24.3 Å². The second-order valence-corrected chi connectivity index (χ2v) is 3.94. The summed E-state index contributed by atoms with van der Waals surface area (Å²) in [4.78, 5) is 0. The molecule has 0 aliphatic rings. The molecule has 0 radical (unpaired) electrons. The topological polar surface area (TPSA) is 39.7 Å². The highest BCUT2D eigenvalue weighted by molar-refractivity contribution is 5.31. The van der Waals surface area contributed by atoms with Crippen LogP contribution in [0, 0.1) is 0 Å². The average Bonchev–Trinajstić information content (AvgIpc) is 2.41. The Morgan fingerprint density at radius 2 is 1.60 bits per heavy atom. The smallest absolute Gasteiger partial charge is 0.411 e. The van der Waals surface area contributed by atoms with Gasteiger partial charge in [0.05, 0.1) is 13.7 Å². The van der Waals surface area contributed by atoms with E-state index in [0.717, 1.165) is 5.75 Å². The molecule has 0 aliphatic carbocycles. The predicted molar refractivity (Wildman–Crippen MR) is 68.2 cm³/mol. The molecule has 0 fully saturated rings. The van der Waals surface area contributed by atoms with Crippen molar-refractivity contribution in [2.45, 2.75) is 6.18 Å². The number of ether oxygens (including phenoxy) is 3. The van der Waals surface area contributed by atoms with E-state index in [2.05, 4.69) is 10.1 Å². The Hall–Kier alpha value is -1.47. The van der Waals surface area contributed by atoms with Crippen LogP contribution < -0.4 is 14.8 Å². The Labute approximate surface area is 115 Å². The van der Waals surface area contributed by atoms with Gasteiger partial charge in [0, 0.05) is 13.1 Å². The highest BCUT2D eigenvalue weighted by atomic mass is 19.4. The molecule has 7 heteroatoms. The van der Waals surface area contributed by atoms with Crippen LogP contribution in [0.4, 0.5) is 13.2 Å². The molecule has 0 saturated heterocycles. The first-order valence-corrected chi connectivity index (χ1v) is 6.13. The molecule has 1 N–H and O–H groups in total. The van der Waals surface area contributed by atoms with Crippen molar-refractivity contribution in [2.75, 3.05) is 40.0 Å². The molecule has 0 heterocycles. The lowest BCUT2D eigenvalue weighted by Crippen LogP contribution is -2.27. The maximum atomic E-state index is 11.8. The molecule has 0 amide bonds. The van der Waals surface area contributed by atoms with E-state index in [1.165, 1.54) is 0 Å². The lowest BCUT2D eigenvalue weighted by atomic mass is 10.3. The number of alkyl halides is 3. The summed E-state index contributed by atoms with van der Waals surface area (Å²) in [6, 6.07) is 7.14. The molecule has 0 aliphatic heterocycles. The minimum Gasteiger partial charge on any atom is -0.497 e. The Kier molecular flexibility index (Phi) is 7.17. The molecule has 0 aromatic heterocycles. The summed E-state index contributed by atoms with van der Waals surface area (Å²) in [6.07, 6.45) is -4.27. The minimum absolute atomic E-state index is 0.0159. The van der Waals surface area contributed by atoms with Gasteiger partial charge in [0.1, 0.15) is 24.7 Å². The fourth-order valence-electron chi connectivity index (χ4n) is 1.37. The number of hydrogen-bond donors (Lipinski definition) is 1. The Bertz CT molecular complexity index is 368. The summed E-state index contributed by atoms with van der Waals surface area (Å²) < 4.78 is 50.1. The SMILES string of the molecule is COc1ccc(OCCNCCOCC(F)(F)F)cc1. The second kappa shape index (κ2) is 8.65. The number of halogens is 3. The lowest BCUT2D eigenvalue weighted by molar-refractivity contribution is -0.173. The van der Waals surface area contributed by atoms with Crippen molar-refractivity contribution in [3.8, 4) is 11.5 Å². The summed E-state index contributed by atoms with van der Waals surface area (Å²) in [5.41, 5.74) is 0. The summed E-state index contributed by atoms with van der Waals surface area (Å²) >= 11 is 0. The fourth-order valence-corrected chi connectivity index (χ4v) is 1.37. The summed E-state index contributed by atoms with van der Waals surface area (Å²) in [6.45, 7) is 0.105. The van der Waals surface area contributed by atoms with E-state index in [4.69, 9.17) is 9.47 Å². The zero-order chi connectivity index (χ0) is 14.8. The molecular formula is C13H18F3NO3. The Balaban J connectivity index is 1.99. The van der Waals surface area contributed by atoms with Gasteiger partial charge in [0.2, 0.25) is 0 Å². The van der Waals surface area contributed by atoms with Crippen LogP contribution >= 0.6 is 0 Å². The van der Waals surface area contributed by atoms with Crippen molar-refractivity contribution in [1.29, 1.82) is 0 Å². The van der Waals surface area contributed by atoms with E-state index < -0.39 is 12.8 Å². The normalized spacial score (nSPS) is 11.4. The molecule has 1 aromatic carbocycles. The maximum absolute atomic E-state index is 11.8. The summed E-state index contributed by atoms with van der Waals surface area (Å²) in [5.74, 6) is 1.46. The van der Waals surface area contributed by atoms with Crippen molar-refractivity contribution in [1.82, 2.24) is 5.32 Å². The highest BCUT2D eigenvalue weighted by Gasteiger charge is 2.27. The van der Waals surface area contributed by atoms with E-state index in [0.29, 0.717) is 25.4 Å². The van der Waals surface area contributed by atoms with E-state index >= 15 is 0 Å². The zero-order valence-corrected chi connectivity index (χ0v) is 11.2. The van der Waals surface area contributed by atoms with Gasteiger partial charge in [-0.1, -0.05) is 0 Å². The van der Waals surface area contributed by atoms with Crippen molar-refractivity contribution >= 4 is 0 Å². The van der Waals surface area contributed by atoms with E-state index in [-0.39, 0.29) is 6.61 Å². The average molecular weight is 293 g/mol. The highest BCUT2D eigenvalue weighted by Crippen LogP contribution is 2.16. The Morgan fingerprint density at radius 1 is 1.00 bits per heavy atom. The first-order valence-electron chi connectivity index (χ1n) is 6.13. The van der Waals surface area contributed by atoms with Crippen molar-refractivity contribution < 1.29 is 27.4 Å². The van der Waals surface area contributed by atoms with Gasteiger partial charge < -0.3 is 19.5 Å². The number of methoxy groups -OCH3 is 1. The van der Waals surface area contributed by atoms with Crippen LogP contribution in [0.5, 0.6) is 11.5 Å². The molecule has 0 atom stereocenters. The van der Waals surface area contributed by atoms with E-state index in [1.54, 1.807) is 31.4 Å². The van der Waals surface area contributed by atoms with Crippen LogP contribution in [0.1, 0.15) is 0 Å². The molecular weight excluding hydrogens is 275 g/mol. The molecule has 1 rings (SSSR count). The van der Waals surface area contributed by atoms with Crippen LogP contribution in [0.25, 0.3) is 0 Å². The minimum atomic E-state index is -4.27. The van der Waals surface area contributed by atoms with Crippen LogP contribution in [-0.4, -0.2) is 46.2 Å². The number of benzene rings is 1. The van der Waals surface area contributed by atoms with Gasteiger partial charge in [0.15, 0.2) is 0 Å². The van der Waals surface area contributed by atoms with Crippen LogP contribution in [0.2, 0.25) is 0 Å². The van der Waals surface area contributed by atoms with Crippen LogP contribution in [0.3, 0.4) is 0 Å². The largest absolute Gasteiger partial charge is 0.497 e. The third kappa shape index (κ3) is 7.85. The van der Waals surface area contributed by atoms with Crippen molar-refractivity contribution in [2.24, 2.45) is 0 Å². The van der Waals surface area contributed by atoms with Crippen LogP contribution in [-0.2, 0) is 4.74 Å². The monoisotopic (exact) mass is 293 g/mol. The third-order valence-corrected chi connectivity index (χ3v) is 2.30. The van der Waals surface area contributed by atoms with Gasteiger partial charge in [-0.15, -0.1) is 0 Å². The number of hydrogen-bond acceptors (Lipinski definition) is 4. The number of nitrogens with one attached hydrogen (secondary N) is 1. The molecule has 0 bridgehead atoms. The molecule has 114 valence electrons. The molecule has 0 saturated carbocycles. The van der Waals surface area contributed by atoms with Gasteiger partial charge >= 0.3 is 6.18 Å². The molecule has 20 heavy (non-hydrogen) atoms. The third-order valence-electron chi connectivity index (χ3n) is 2.30. The fraction of sp³-hybridized carbons (Fsp3) is 0.538. The van der Waals surface area contributed by atoms with E-state index in [9.17, 15) is 13.2 Å². The summed E-state index contributed by atoms with van der Waals surface area (Å²) in [7, 11) is 1.58. The van der Waals surface area contributed by atoms with E-state index in [1.807, 2.05) is 0 Å². The molecule has 4 nitrogen and oxygen atoms in total. The molecule has 0 unspecified atom stereocenters. The zero-order valence-electron chi connectivity index (χ0n) is 11.2. The van der Waals surface area contributed by atoms with Crippen molar-refractivity contribution in [3.63, 3.8) is 0 Å². The first-order chi connectivity index (χ1) is 9.51. The molecule has 0 spiro atoms.